The third-order valence-electron chi connectivity index (χ3n) is 2.95. The van der Waals surface area contributed by atoms with Gasteiger partial charge in [0.25, 0.3) is 10.0 Å². The largest absolute Gasteiger partial charge is 0.266 e. The molecule has 0 radical (unpaired) electrons. The van der Waals surface area contributed by atoms with E-state index in [4.69, 9.17) is 11.6 Å². The standard InChI is InChI=1S/C14H13ClFNO2S/c1-17(13-8-4-3-7-12(13)16)20(18,19)14-9-5-2-6-11(14)10-15/h2-9H,10H2,1H3. The molecule has 106 valence electrons. The normalized spacial score (nSPS) is 11.3. The maximum absolute atomic E-state index is 13.7. The van der Waals surface area contributed by atoms with Gasteiger partial charge >= 0.3 is 0 Å². The minimum Gasteiger partial charge on any atom is -0.266 e. The predicted molar refractivity (Wildman–Crippen MR) is 78.0 cm³/mol. The molecule has 20 heavy (non-hydrogen) atoms. The fourth-order valence-electron chi connectivity index (χ4n) is 1.85. The van der Waals surface area contributed by atoms with Crippen molar-refractivity contribution < 1.29 is 12.8 Å². The molecule has 6 heteroatoms. The van der Waals surface area contributed by atoms with Crippen LogP contribution in [0.4, 0.5) is 10.1 Å². The second-order valence-electron chi connectivity index (χ2n) is 4.17. The van der Waals surface area contributed by atoms with Gasteiger partial charge in [-0.15, -0.1) is 11.6 Å². The summed E-state index contributed by atoms with van der Waals surface area (Å²) >= 11 is 5.76. The summed E-state index contributed by atoms with van der Waals surface area (Å²) in [6, 6.07) is 12.1. The third-order valence-corrected chi connectivity index (χ3v) is 5.11. The topological polar surface area (TPSA) is 37.4 Å². The Hall–Kier alpha value is -1.59. The van der Waals surface area contributed by atoms with Gasteiger partial charge < -0.3 is 0 Å². The number of sulfonamides is 1. The van der Waals surface area contributed by atoms with Crippen molar-refractivity contribution in [2.24, 2.45) is 0 Å². The van der Waals surface area contributed by atoms with Crippen LogP contribution in [-0.2, 0) is 15.9 Å². The summed E-state index contributed by atoms with van der Waals surface area (Å²) in [5, 5.41) is 0. The monoisotopic (exact) mass is 313 g/mol. The third kappa shape index (κ3) is 2.64. The Morgan fingerprint density at radius 3 is 2.35 bits per heavy atom. The minimum atomic E-state index is -3.85. The van der Waals surface area contributed by atoms with Crippen LogP contribution < -0.4 is 4.31 Å². The maximum Gasteiger partial charge on any atom is 0.264 e. The molecule has 0 aliphatic rings. The van der Waals surface area contributed by atoms with Crippen LogP contribution in [0.3, 0.4) is 0 Å². The summed E-state index contributed by atoms with van der Waals surface area (Å²) in [4.78, 5) is 0.0840. The van der Waals surface area contributed by atoms with E-state index in [1.54, 1.807) is 24.3 Å². The van der Waals surface area contributed by atoms with Crippen molar-refractivity contribution in [1.29, 1.82) is 0 Å². The minimum absolute atomic E-state index is 0.00289. The lowest BCUT2D eigenvalue weighted by Gasteiger charge is -2.21. The van der Waals surface area contributed by atoms with Crippen LogP contribution in [-0.4, -0.2) is 15.5 Å². The zero-order valence-corrected chi connectivity index (χ0v) is 12.3. The van der Waals surface area contributed by atoms with Gasteiger partial charge in [0, 0.05) is 12.9 Å². The first kappa shape index (κ1) is 14.8. The van der Waals surface area contributed by atoms with Gasteiger partial charge in [0.1, 0.15) is 5.82 Å². The van der Waals surface area contributed by atoms with Crippen molar-refractivity contribution in [3.8, 4) is 0 Å². The average Bonchev–Trinajstić information content (AvgIpc) is 2.47. The molecule has 2 aromatic carbocycles. The van der Waals surface area contributed by atoms with Crippen molar-refractivity contribution in [2.75, 3.05) is 11.4 Å². The average molecular weight is 314 g/mol. The predicted octanol–water partition coefficient (Wildman–Crippen LogP) is 3.39. The molecule has 0 aromatic heterocycles. The smallest absolute Gasteiger partial charge is 0.264 e. The van der Waals surface area contributed by atoms with E-state index in [-0.39, 0.29) is 16.5 Å². The summed E-state index contributed by atoms with van der Waals surface area (Å²) in [6.45, 7) is 0. The lowest BCUT2D eigenvalue weighted by Crippen LogP contribution is -2.28. The Morgan fingerprint density at radius 1 is 1.10 bits per heavy atom. The van der Waals surface area contributed by atoms with Crippen LogP contribution in [0, 0.1) is 5.82 Å². The number of halogens is 2. The Morgan fingerprint density at radius 2 is 1.70 bits per heavy atom. The quantitative estimate of drug-likeness (QED) is 0.811. The molecule has 0 amide bonds. The number of hydrogen-bond donors (Lipinski definition) is 0. The van der Waals surface area contributed by atoms with E-state index < -0.39 is 15.8 Å². The molecule has 0 atom stereocenters. The molecule has 0 saturated carbocycles. The SMILES string of the molecule is CN(c1ccccc1F)S(=O)(=O)c1ccccc1CCl. The van der Waals surface area contributed by atoms with Crippen molar-refractivity contribution in [2.45, 2.75) is 10.8 Å². The van der Waals surface area contributed by atoms with Crippen LogP contribution in [0.15, 0.2) is 53.4 Å². The number of nitrogens with zero attached hydrogens (tertiary/aromatic N) is 1. The molecule has 0 aliphatic carbocycles. The first-order valence-electron chi connectivity index (χ1n) is 5.86. The zero-order chi connectivity index (χ0) is 14.8. The second kappa shape index (κ2) is 5.81. The Bertz CT molecular complexity index is 719. The molecule has 0 heterocycles. The van der Waals surface area contributed by atoms with Gasteiger partial charge in [0.05, 0.1) is 10.6 Å². The lowest BCUT2D eigenvalue weighted by molar-refractivity contribution is 0.589. The zero-order valence-electron chi connectivity index (χ0n) is 10.8. The van der Waals surface area contributed by atoms with Crippen molar-refractivity contribution in [1.82, 2.24) is 0 Å². The second-order valence-corrected chi connectivity index (χ2v) is 6.37. The molecule has 2 rings (SSSR count). The highest BCUT2D eigenvalue weighted by Crippen LogP contribution is 2.26. The highest BCUT2D eigenvalue weighted by molar-refractivity contribution is 7.92. The molecular weight excluding hydrogens is 301 g/mol. The summed E-state index contributed by atoms with van der Waals surface area (Å²) in [6.07, 6.45) is 0. The number of rotatable bonds is 4. The molecule has 0 aliphatic heterocycles. The lowest BCUT2D eigenvalue weighted by atomic mass is 10.2. The molecule has 0 saturated heterocycles. The van der Waals surface area contributed by atoms with E-state index in [9.17, 15) is 12.8 Å². The van der Waals surface area contributed by atoms with E-state index in [1.165, 1.54) is 31.3 Å². The first-order valence-corrected chi connectivity index (χ1v) is 7.83. The molecule has 0 bridgehead atoms. The molecular formula is C14H13ClFNO2S. The number of anilines is 1. The highest BCUT2D eigenvalue weighted by Gasteiger charge is 2.25. The van der Waals surface area contributed by atoms with E-state index >= 15 is 0 Å². The number of benzene rings is 2. The van der Waals surface area contributed by atoms with Crippen LogP contribution in [0.25, 0.3) is 0 Å². The number of hydrogen-bond acceptors (Lipinski definition) is 2. The van der Waals surface area contributed by atoms with E-state index in [0.717, 1.165) is 4.31 Å². The number of alkyl halides is 1. The molecule has 0 fully saturated rings. The Labute approximate surface area is 122 Å². The van der Waals surface area contributed by atoms with Gasteiger partial charge in [-0.05, 0) is 23.8 Å². The van der Waals surface area contributed by atoms with Crippen molar-refractivity contribution in [3.63, 3.8) is 0 Å². The van der Waals surface area contributed by atoms with E-state index in [0.29, 0.717) is 5.56 Å². The van der Waals surface area contributed by atoms with Gasteiger partial charge in [-0.2, -0.15) is 0 Å². The molecule has 2 aromatic rings. The summed E-state index contributed by atoms with van der Waals surface area (Å²) in [5.41, 5.74) is 0.481. The van der Waals surface area contributed by atoms with Crippen LogP contribution in [0.2, 0.25) is 0 Å². The maximum atomic E-state index is 13.7. The van der Waals surface area contributed by atoms with Gasteiger partial charge in [0.15, 0.2) is 0 Å². The molecule has 0 spiro atoms. The first-order chi connectivity index (χ1) is 9.48. The number of para-hydroxylation sites is 1. The fraction of sp³-hybridized carbons (Fsp3) is 0.143. The Balaban J connectivity index is 2.53. The molecule has 0 unspecified atom stereocenters. The van der Waals surface area contributed by atoms with Gasteiger partial charge in [-0.1, -0.05) is 30.3 Å². The summed E-state index contributed by atoms with van der Waals surface area (Å²) < 4.78 is 39.8. The van der Waals surface area contributed by atoms with Gasteiger partial charge in [-0.3, -0.25) is 4.31 Å². The Kier molecular flexibility index (Phi) is 4.30. The van der Waals surface area contributed by atoms with Gasteiger partial charge in [0.2, 0.25) is 0 Å². The fourth-order valence-corrected chi connectivity index (χ4v) is 3.59. The van der Waals surface area contributed by atoms with Crippen molar-refractivity contribution in [3.05, 3.63) is 59.9 Å². The molecule has 0 N–H and O–H groups in total. The van der Waals surface area contributed by atoms with Crippen LogP contribution in [0.1, 0.15) is 5.56 Å². The van der Waals surface area contributed by atoms with E-state index in [2.05, 4.69) is 0 Å². The van der Waals surface area contributed by atoms with Crippen molar-refractivity contribution >= 4 is 27.3 Å². The highest BCUT2D eigenvalue weighted by atomic mass is 35.5. The summed E-state index contributed by atoms with van der Waals surface area (Å²) in [7, 11) is -2.53. The van der Waals surface area contributed by atoms with Crippen LogP contribution in [0.5, 0.6) is 0 Å². The van der Waals surface area contributed by atoms with E-state index in [1.807, 2.05) is 0 Å². The van der Waals surface area contributed by atoms with Crippen LogP contribution >= 0.6 is 11.6 Å². The summed E-state index contributed by atoms with van der Waals surface area (Å²) in [5.74, 6) is -0.525. The molecule has 3 nitrogen and oxygen atoms in total. The van der Waals surface area contributed by atoms with Gasteiger partial charge in [-0.25, -0.2) is 12.8 Å².